The van der Waals surface area contributed by atoms with Crippen molar-refractivity contribution in [1.29, 1.82) is 0 Å². The van der Waals surface area contributed by atoms with Gasteiger partial charge in [0.15, 0.2) is 0 Å². The quantitative estimate of drug-likeness (QED) is 0.255. The van der Waals surface area contributed by atoms with Gasteiger partial charge < -0.3 is 9.30 Å². The number of amides is 1. The summed E-state index contributed by atoms with van der Waals surface area (Å²) in [5.74, 6) is -0.642. The normalized spacial score (nSPS) is 11.1. The van der Waals surface area contributed by atoms with E-state index in [1.165, 1.54) is 0 Å². The second-order valence-corrected chi connectivity index (χ2v) is 7.66. The van der Waals surface area contributed by atoms with Crippen molar-refractivity contribution >= 4 is 28.9 Å². The zero-order chi connectivity index (χ0) is 23.4. The van der Waals surface area contributed by atoms with Crippen LogP contribution in [0.25, 0.3) is 16.5 Å². The van der Waals surface area contributed by atoms with Gasteiger partial charge in [-0.05, 0) is 61.9 Å². The zero-order valence-corrected chi connectivity index (χ0v) is 18.8. The molecule has 0 bridgehead atoms. The number of nitrogens with one attached hydrogen (secondary N) is 1. The average Bonchev–Trinajstić information content (AvgIpc) is 3.11. The molecule has 0 spiro atoms. The van der Waals surface area contributed by atoms with Gasteiger partial charge in [-0.25, -0.2) is 10.2 Å². The summed E-state index contributed by atoms with van der Waals surface area (Å²) in [7, 11) is 0. The standard InChI is InChI=1S/C27H25N3O3/c1-4-33-27(32)24-11-7-8-12-25(24)30-18(2)15-23(19(30)3)17-28-29-26(31)22-14-13-20-9-5-6-10-21(20)16-22/h5-17H,4H2,1-3H3,(H,29,31)/b28-17-. The van der Waals surface area contributed by atoms with E-state index in [1.807, 2.05) is 79.1 Å². The molecule has 166 valence electrons. The van der Waals surface area contributed by atoms with E-state index >= 15 is 0 Å². The smallest absolute Gasteiger partial charge is 0.340 e. The molecule has 0 radical (unpaired) electrons. The van der Waals surface area contributed by atoms with Crippen molar-refractivity contribution in [3.05, 3.63) is 101 Å². The first kappa shape index (κ1) is 22.0. The molecular weight excluding hydrogens is 414 g/mol. The summed E-state index contributed by atoms with van der Waals surface area (Å²) >= 11 is 0. The predicted octanol–water partition coefficient (Wildman–Crippen LogP) is 5.19. The van der Waals surface area contributed by atoms with Gasteiger partial charge in [0.2, 0.25) is 0 Å². The summed E-state index contributed by atoms with van der Waals surface area (Å²) in [4.78, 5) is 25.0. The first-order valence-corrected chi connectivity index (χ1v) is 10.8. The lowest BCUT2D eigenvalue weighted by atomic mass is 10.1. The molecule has 0 aliphatic carbocycles. The number of fused-ring (bicyclic) bond motifs is 1. The Hall–Kier alpha value is -4.19. The molecule has 4 aromatic rings. The maximum Gasteiger partial charge on any atom is 0.340 e. The third-order valence-corrected chi connectivity index (χ3v) is 5.49. The monoisotopic (exact) mass is 439 g/mol. The summed E-state index contributed by atoms with van der Waals surface area (Å²) in [6.07, 6.45) is 1.62. The molecule has 0 saturated carbocycles. The molecule has 1 heterocycles. The molecule has 0 aliphatic rings. The van der Waals surface area contributed by atoms with E-state index < -0.39 is 0 Å². The number of para-hydroxylation sites is 1. The Balaban J connectivity index is 1.56. The molecule has 0 atom stereocenters. The number of hydrogen-bond acceptors (Lipinski definition) is 4. The molecule has 3 aromatic carbocycles. The van der Waals surface area contributed by atoms with Crippen LogP contribution in [0.4, 0.5) is 0 Å². The van der Waals surface area contributed by atoms with E-state index in [1.54, 1.807) is 25.3 Å². The van der Waals surface area contributed by atoms with Crippen LogP contribution >= 0.6 is 0 Å². The lowest BCUT2D eigenvalue weighted by molar-refractivity contribution is 0.0526. The lowest BCUT2D eigenvalue weighted by Gasteiger charge is -2.14. The van der Waals surface area contributed by atoms with Crippen molar-refractivity contribution in [3.8, 4) is 5.69 Å². The second-order valence-electron chi connectivity index (χ2n) is 7.66. The number of carbonyl (C=O) groups excluding carboxylic acids is 2. The van der Waals surface area contributed by atoms with Crippen molar-refractivity contribution in [2.24, 2.45) is 5.10 Å². The fourth-order valence-electron chi connectivity index (χ4n) is 3.89. The summed E-state index contributed by atoms with van der Waals surface area (Å²) < 4.78 is 7.20. The molecule has 1 aromatic heterocycles. The van der Waals surface area contributed by atoms with Gasteiger partial charge in [-0.1, -0.05) is 42.5 Å². The van der Waals surface area contributed by atoms with Gasteiger partial charge in [0.05, 0.1) is 24.1 Å². The number of benzene rings is 3. The largest absolute Gasteiger partial charge is 0.462 e. The third-order valence-electron chi connectivity index (χ3n) is 5.49. The second kappa shape index (κ2) is 9.53. The van der Waals surface area contributed by atoms with E-state index in [9.17, 15) is 9.59 Å². The van der Waals surface area contributed by atoms with Crippen LogP contribution in [0.2, 0.25) is 0 Å². The molecule has 1 N–H and O–H groups in total. The Morgan fingerprint density at radius 3 is 2.48 bits per heavy atom. The number of rotatable bonds is 6. The van der Waals surface area contributed by atoms with Crippen LogP contribution in [0.5, 0.6) is 0 Å². The number of aromatic nitrogens is 1. The topological polar surface area (TPSA) is 72.7 Å². The molecule has 0 saturated heterocycles. The molecule has 6 nitrogen and oxygen atoms in total. The Morgan fingerprint density at radius 1 is 0.970 bits per heavy atom. The molecule has 33 heavy (non-hydrogen) atoms. The minimum absolute atomic E-state index is 0.279. The van der Waals surface area contributed by atoms with Crippen LogP contribution < -0.4 is 5.43 Å². The molecule has 6 heteroatoms. The van der Waals surface area contributed by atoms with E-state index in [0.717, 1.165) is 33.4 Å². The van der Waals surface area contributed by atoms with Gasteiger partial charge in [-0.3, -0.25) is 4.79 Å². The Kier molecular flexibility index (Phi) is 6.36. The van der Waals surface area contributed by atoms with Gasteiger partial charge in [0, 0.05) is 22.5 Å². The van der Waals surface area contributed by atoms with Gasteiger partial charge in [0.25, 0.3) is 5.91 Å². The number of ether oxygens (including phenoxy) is 1. The van der Waals surface area contributed by atoms with Crippen molar-refractivity contribution in [3.63, 3.8) is 0 Å². The first-order valence-electron chi connectivity index (χ1n) is 10.8. The maximum absolute atomic E-state index is 12.6. The predicted molar refractivity (Wildman–Crippen MR) is 130 cm³/mol. The van der Waals surface area contributed by atoms with E-state index in [4.69, 9.17) is 4.74 Å². The highest BCUT2D eigenvalue weighted by atomic mass is 16.5. The third kappa shape index (κ3) is 4.55. The van der Waals surface area contributed by atoms with Gasteiger partial charge in [0.1, 0.15) is 0 Å². The summed E-state index contributed by atoms with van der Waals surface area (Å²) in [6, 6.07) is 22.7. The molecule has 0 unspecified atom stereocenters. The number of hydrazone groups is 1. The molecule has 1 amide bonds. The fourth-order valence-corrected chi connectivity index (χ4v) is 3.89. The van der Waals surface area contributed by atoms with Crippen LogP contribution in [-0.2, 0) is 4.74 Å². The summed E-state index contributed by atoms with van der Waals surface area (Å²) in [6.45, 7) is 6.00. The minimum Gasteiger partial charge on any atom is -0.462 e. The molecular formula is C27H25N3O3. The summed E-state index contributed by atoms with van der Waals surface area (Å²) in [5.41, 5.74) is 7.05. The van der Waals surface area contributed by atoms with Crippen LogP contribution in [0.15, 0.2) is 77.9 Å². The SMILES string of the molecule is CCOC(=O)c1ccccc1-n1c(C)cc(/C=N\NC(=O)c2ccc3ccccc3c2)c1C. The molecule has 0 fully saturated rings. The van der Waals surface area contributed by atoms with Crippen molar-refractivity contribution in [2.45, 2.75) is 20.8 Å². The average molecular weight is 440 g/mol. The number of aryl methyl sites for hydroxylation is 1. The Labute approximate surface area is 192 Å². The van der Waals surface area contributed by atoms with Gasteiger partial charge >= 0.3 is 5.97 Å². The van der Waals surface area contributed by atoms with Crippen molar-refractivity contribution in [1.82, 2.24) is 9.99 Å². The van der Waals surface area contributed by atoms with Crippen molar-refractivity contribution < 1.29 is 14.3 Å². The highest BCUT2D eigenvalue weighted by Crippen LogP contribution is 2.23. The summed E-state index contributed by atoms with van der Waals surface area (Å²) in [5, 5.41) is 6.24. The van der Waals surface area contributed by atoms with E-state index in [2.05, 4.69) is 10.5 Å². The first-order chi connectivity index (χ1) is 16.0. The number of nitrogens with zero attached hydrogens (tertiary/aromatic N) is 2. The highest BCUT2D eigenvalue weighted by molar-refractivity contribution is 5.99. The van der Waals surface area contributed by atoms with Gasteiger partial charge in [-0.2, -0.15) is 5.10 Å². The fraction of sp³-hybridized carbons (Fsp3) is 0.148. The zero-order valence-electron chi connectivity index (χ0n) is 18.8. The lowest BCUT2D eigenvalue weighted by Crippen LogP contribution is -2.17. The van der Waals surface area contributed by atoms with Gasteiger partial charge in [-0.15, -0.1) is 0 Å². The van der Waals surface area contributed by atoms with Crippen LogP contribution in [0.1, 0.15) is 44.6 Å². The van der Waals surface area contributed by atoms with E-state index in [0.29, 0.717) is 17.7 Å². The Bertz CT molecular complexity index is 1370. The highest BCUT2D eigenvalue weighted by Gasteiger charge is 2.17. The van der Waals surface area contributed by atoms with E-state index in [-0.39, 0.29) is 11.9 Å². The minimum atomic E-state index is -0.363. The molecule has 4 rings (SSSR count). The molecule has 0 aliphatic heterocycles. The number of carbonyl (C=O) groups is 2. The number of hydrogen-bond donors (Lipinski definition) is 1. The number of esters is 1. The maximum atomic E-state index is 12.6. The van der Waals surface area contributed by atoms with Crippen LogP contribution in [-0.4, -0.2) is 29.3 Å². The Morgan fingerprint density at radius 2 is 1.70 bits per heavy atom. The van der Waals surface area contributed by atoms with Crippen LogP contribution in [0, 0.1) is 13.8 Å². The van der Waals surface area contributed by atoms with Crippen molar-refractivity contribution in [2.75, 3.05) is 6.61 Å². The van der Waals surface area contributed by atoms with Crippen LogP contribution in [0.3, 0.4) is 0 Å².